The number of amides is 2. The lowest BCUT2D eigenvalue weighted by molar-refractivity contribution is -0.121. The van der Waals surface area contributed by atoms with Crippen LogP contribution in [0.1, 0.15) is 21.6 Å². The molecule has 5 aromatic rings. The van der Waals surface area contributed by atoms with Crippen LogP contribution in [0.25, 0.3) is 21.8 Å². The molecule has 2 amide bonds. The molecule has 40 heavy (non-hydrogen) atoms. The summed E-state index contributed by atoms with van der Waals surface area (Å²) in [7, 11) is 0. The van der Waals surface area contributed by atoms with Crippen molar-refractivity contribution in [2.75, 3.05) is 17.2 Å². The number of benzene rings is 4. The number of rotatable bonds is 6. The van der Waals surface area contributed by atoms with E-state index >= 15 is 0 Å². The molecular formula is C31H23N3O5S. The minimum atomic E-state index is -0.685. The van der Waals surface area contributed by atoms with Crippen molar-refractivity contribution in [3.63, 3.8) is 0 Å². The molecule has 1 saturated heterocycles. The highest BCUT2D eigenvalue weighted by Gasteiger charge is 2.40. The predicted octanol–water partition coefficient (Wildman–Crippen LogP) is 5.30. The van der Waals surface area contributed by atoms with Gasteiger partial charge in [0.2, 0.25) is 11.8 Å². The van der Waals surface area contributed by atoms with Crippen LogP contribution in [0.4, 0.5) is 11.4 Å². The average molecular weight is 550 g/mol. The lowest BCUT2D eigenvalue weighted by atomic mass is 10.2. The van der Waals surface area contributed by atoms with Gasteiger partial charge in [0, 0.05) is 27.8 Å². The van der Waals surface area contributed by atoms with Gasteiger partial charge in [0.25, 0.3) is 5.91 Å². The van der Waals surface area contributed by atoms with Crippen LogP contribution in [-0.2, 0) is 14.3 Å². The molecular weight excluding hydrogens is 526 g/mol. The molecule has 2 N–H and O–H groups in total. The number of nitrogen functional groups attached to an aromatic ring is 1. The number of para-hydroxylation sites is 2. The Bertz CT molecular complexity index is 1760. The lowest BCUT2D eigenvalue weighted by Gasteiger charge is -2.15. The number of imide groups is 1. The van der Waals surface area contributed by atoms with E-state index in [-0.39, 0.29) is 29.7 Å². The van der Waals surface area contributed by atoms with E-state index in [1.165, 1.54) is 36.0 Å². The van der Waals surface area contributed by atoms with Crippen LogP contribution in [0.2, 0.25) is 0 Å². The second-order valence-electron chi connectivity index (χ2n) is 9.34. The number of thioether (sulfide) groups is 1. The van der Waals surface area contributed by atoms with Crippen molar-refractivity contribution in [3.05, 3.63) is 103 Å². The van der Waals surface area contributed by atoms with Gasteiger partial charge in [-0.3, -0.25) is 19.0 Å². The molecule has 2 heterocycles. The van der Waals surface area contributed by atoms with E-state index in [9.17, 15) is 19.2 Å². The Hall–Kier alpha value is -4.89. The molecule has 1 aliphatic rings. The van der Waals surface area contributed by atoms with Gasteiger partial charge in [0.15, 0.2) is 6.61 Å². The number of anilines is 2. The van der Waals surface area contributed by atoms with Crippen LogP contribution < -0.4 is 10.6 Å². The summed E-state index contributed by atoms with van der Waals surface area (Å²) >= 11 is 1.29. The summed E-state index contributed by atoms with van der Waals surface area (Å²) in [4.78, 5) is 53.5. The van der Waals surface area contributed by atoms with Gasteiger partial charge in [-0.2, -0.15) is 0 Å². The maximum Gasteiger partial charge on any atom is 0.338 e. The van der Waals surface area contributed by atoms with E-state index in [1.54, 1.807) is 22.8 Å². The zero-order valence-corrected chi connectivity index (χ0v) is 22.0. The third-order valence-corrected chi connectivity index (χ3v) is 7.94. The Morgan fingerprint density at radius 2 is 1.50 bits per heavy atom. The highest BCUT2D eigenvalue weighted by molar-refractivity contribution is 8.00. The molecule has 0 radical (unpaired) electrons. The normalized spacial score (nSPS) is 15.2. The monoisotopic (exact) mass is 549 g/mol. The first-order valence-corrected chi connectivity index (χ1v) is 13.5. The summed E-state index contributed by atoms with van der Waals surface area (Å²) in [5.41, 5.74) is 8.44. The summed E-state index contributed by atoms with van der Waals surface area (Å²) < 4.78 is 6.90. The number of ether oxygens (including phenoxy) is 1. The van der Waals surface area contributed by atoms with E-state index in [0.717, 1.165) is 31.6 Å². The second kappa shape index (κ2) is 10.3. The number of hydrogen-bond donors (Lipinski definition) is 1. The minimum Gasteiger partial charge on any atom is -0.452 e. The first kappa shape index (κ1) is 25.4. The molecule has 1 fully saturated rings. The topological polar surface area (TPSA) is 112 Å². The fourth-order valence-electron chi connectivity index (χ4n) is 4.93. The van der Waals surface area contributed by atoms with Crippen molar-refractivity contribution in [3.8, 4) is 0 Å². The maximum atomic E-state index is 13.1. The van der Waals surface area contributed by atoms with Crippen LogP contribution >= 0.6 is 11.8 Å². The summed E-state index contributed by atoms with van der Waals surface area (Å²) in [6.07, 6.45) is 0.0625. The molecule has 6 rings (SSSR count). The fraction of sp³-hybridized carbons (Fsp3) is 0.0968. The number of fused-ring (bicyclic) bond motifs is 3. The zero-order chi connectivity index (χ0) is 27.8. The van der Waals surface area contributed by atoms with Crippen molar-refractivity contribution in [2.24, 2.45) is 0 Å². The summed E-state index contributed by atoms with van der Waals surface area (Å²) in [5.74, 6) is -1.71. The third-order valence-electron chi connectivity index (χ3n) is 6.76. The van der Waals surface area contributed by atoms with Gasteiger partial charge in [0.05, 0.1) is 27.5 Å². The predicted molar refractivity (Wildman–Crippen MR) is 154 cm³/mol. The van der Waals surface area contributed by atoms with Crippen molar-refractivity contribution in [2.45, 2.75) is 16.6 Å². The van der Waals surface area contributed by atoms with Crippen LogP contribution in [0, 0.1) is 0 Å². The largest absolute Gasteiger partial charge is 0.452 e. The van der Waals surface area contributed by atoms with Gasteiger partial charge >= 0.3 is 5.97 Å². The van der Waals surface area contributed by atoms with E-state index < -0.39 is 17.8 Å². The van der Waals surface area contributed by atoms with Crippen molar-refractivity contribution >= 4 is 68.6 Å². The van der Waals surface area contributed by atoms with Gasteiger partial charge in [-0.15, -0.1) is 11.8 Å². The molecule has 0 saturated carbocycles. The lowest BCUT2D eigenvalue weighted by Crippen LogP contribution is -2.31. The standard InChI is InChI=1S/C31H23N3O5S/c32-20-6-5-7-22(16-20)40-27-17-28(35)33(30(27)37)21-14-12-19(13-15-21)31(38)39-18-29(36)34-25-10-3-1-8-23(25)24-9-2-4-11-26(24)34/h1-16,27H,17-18,32H2. The van der Waals surface area contributed by atoms with Gasteiger partial charge in [0.1, 0.15) is 0 Å². The molecule has 198 valence electrons. The van der Waals surface area contributed by atoms with Crippen molar-refractivity contribution < 1.29 is 23.9 Å². The van der Waals surface area contributed by atoms with E-state index in [0.29, 0.717) is 11.4 Å². The zero-order valence-electron chi connectivity index (χ0n) is 21.2. The number of aromatic nitrogens is 1. The molecule has 0 spiro atoms. The van der Waals surface area contributed by atoms with Crippen LogP contribution in [0.5, 0.6) is 0 Å². The number of hydrogen-bond acceptors (Lipinski definition) is 7. The molecule has 9 heteroatoms. The quantitative estimate of drug-likeness (QED) is 0.174. The van der Waals surface area contributed by atoms with E-state index in [4.69, 9.17) is 10.5 Å². The Morgan fingerprint density at radius 3 is 2.15 bits per heavy atom. The average Bonchev–Trinajstić information content (AvgIpc) is 3.44. The molecule has 1 aromatic heterocycles. The summed E-state index contributed by atoms with van der Waals surface area (Å²) in [6.45, 7) is -0.449. The molecule has 0 aliphatic carbocycles. The first-order valence-electron chi connectivity index (χ1n) is 12.6. The van der Waals surface area contributed by atoms with E-state index in [2.05, 4.69) is 0 Å². The van der Waals surface area contributed by atoms with Crippen LogP contribution in [-0.4, -0.2) is 40.1 Å². The van der Waals surface area contributed by atoms with Gasteiger partial charge in [-0.05, 0) is 54.6 Å². The fourth-order valence-corrected chi connectivity index (χ4v) is 6.05. The minimum absolute atomic E-state index is 0.0625. The van der Waals surface area contributed by atoms with Crippen molar-refractivity contribution in [1.82, 2.24) is 4.57 Å². The number of nitrogens with two attached hydrogens (primary N) is 1. The third kappa shape index (κ3) is 4.60. The molecule has 1 aliphatic heterocycles. The molecule has 0 bridgehead atoms. The Labute approximate surface area is 233 Å². The number of nitrogens with zero attached hydrogens (tertiary/aromatic N) is 2. The van der Waals surface area contributed by atoms with Gasteiger partial charge < -0.3 is 10.5 Å². The smallest absolute Gasteiger partial charge is 0.338 e. The summed E-state index contributed by atoms with van der Waals surface area (Å²) in [5, 5.41) is 1.31. The Morgan fingerprint density at radius 1 is 0.850 bits per heavy atom. The van der Waals surface area contributed by atoms with Gasteiger partial charge in [-0.1, -0.05) is 42.5 Å². The number of carbonyl (C=O) groups is 4. The van der Waals surface area contributed by atoms with Gasteiger partial charge in [-0.25, -0.2) is 9.69 Å². The number of carbonyl (C=O) groups excluding carboxylic acids is 4. The highest BCUT2D eigenvalue weighted by Crippen LogP contribution is 2.35. The Balaban J connectivity index is 1.13. The van der Waals surface area contributed by atoms with Crippen molar-refractivity contribution in [1.29, 1.82) is 0 Å². The first-order chi connectivity index (χ1) is 19.4. The molecule has 8 nitrogen and oxygen atoms in total. The molecule has 4 aromatic carbocycles. The Kier molecular flexibility index (Phi) is 6.57. The highest BCUT2D eigenvalue weighted by atomic mass is 32.2. The number of esters is 1. The molecule has 1 atom stereocenters. The second-order valence-corrected chi connectivity index (χ2v) is 10.6. The van der Waals surface area contributed by atoms with Crippen LogP contribution in [0.15, 0.2) is 102 Å². The van der Waals surface area contributed by atoms with Crippen LogP contribution in [0.3, 0.4) is 0 Å². The molecule has 1 unspecified atom stereocenters. The van der Waals surface area contributed by atoms with E-state index in [1.807, 2.05) is 54.6 Å². The maximum absolute atomic E-state index is 13.1. The SMILES string of the molecule is Nc1cccc(SC2CC(=O)N(c3ccc(C(=O)OCC(=O)n4c5ccccc5c5ccccc54)cc3)C2=O)c1. The summed E-state index contributed by atoms with van der Waals surface area (Å²) in [6, 6.07) is 28.3.